The Bertz CT molecular complexity index is 40.8. The highest BCUT2D eigenvalue weighted by molar-refractivity contribution is 7.81. The minimum Gasteiger partial charge on any atom is -0.241 e. The molecule has 0 saturated carbocycles. The highest BCUT2D eigenvalue weighted by Gasteiger charge is 2.08. The summed E-state index contributed by atoms with van der Waals surface area (Å²) in [5, 5.41) is 4.66. The van der Waals surface area contributed by atoms with Crippen LogP contribution in [0.3, 0.4) is 0 Å². The predicted molar refractivity (Wildman–Crippen MR) is 29.3 cm³/mol. The molecule has 1 aliphatic rings. The SMILES string of the molecule is SC1CC[N]C1. The normalized spacial score (nSPS) is 34.5. The van der Waals surface area contributed by atoms with Gasteiger partial charge in [-0.1, -0.05) is 0 Å². The van der Waals surface area contributed by atoms with Gasteiger partial charge >= 0.3 is 0 Å². The lowest BCUT2D eigenvalue weighted by Gasteiger charge is -1.88. The van der Waals surface area contributed by atoms with E-state index in [4.69, 9.17) is 0 Å². The zero-order valence-electron chi connectivity index (χ0n) is 3.59. The Morgan fingerprint density at radius 1 is 1.67 bits per heavy atom. The van der Waals surface area contributed by atoms with Crippen molar-refractivity contribution < 1.29 is 0 Å². The average molecular weight is 102 g/mol. The molecule has 0 aliphatic carbocycles. The van der Waals surface area contributed by atoms with E-state index in [1.165, 1.54) is 6.42 Å². The molecule has 0 aromatic heterocycles. The minimum atomic E-state index is 0.574. The van der Waals surface area contributed by atoms with Crippen molar-refractivity contribution in [2.45, 2.75) is 11.7 Å². The monoisotopic (exact) mass is 102 g/mol. The number of thiol groups is 1. The molecule has 1 fully saturated rings. The fraction of sp³-hybridized carbons (Fsp3) is 1.00. The molecule has 1 aliphatic heterocycles. The molecule has 0 bridgehead atoms. The lowest BCUT2D eigenvalue weighted by atomic mass is 10.4. The van der Waals surface area contributed by atoms with Crippen LogP contribution in [0.25, 0.3) is 0 Å². The average Bonchev–Trinajstić information content (AvgIpc) is 1.86. The Hall–Kier alpha value is 0.310. The summed E-state index contributed by atoms with van der Waals surface area (Å²) in [5.41, 5.74) is 0. The molecular weight excluding hydrogens is 94.1 g/mol. The molecule has 1 heterocycles. The van der Waals surface area contributed by atoms with Crippen LogP contribution in [0, 0.1) is 0 Å². The van der Waals surface area contributed by atoms with Gasteiger partial charge in [0.25, 0.3) is 0 Å². The first-order valence-electron chi connectivity index (χ1n) is 2.21. The van der Waals surface area contributed by atoms with Crippen LogP contribution >= 0.6 is 12.6 Å². The summed E-state index contributed by atoms with van der Waals surface area (Å²) in [6, 6.07) is 0. The van der Waals surface area contributed by atoms with Gasteiger partial charge in [-0.25, -0.2) is 5.32 Å². The van der Waals surface area contributed by atoms with Crippen molar-refractivity contribution >= 4 is 12.6 Å². The third kappa shape index (κ3) is 0.884. The van der Waals surface area contributed by atoms with Crippen LogP contribution in [0.1, 0.15) is 6.42 Å². The molecule has 1 radical (unpaired) electrons. The first kappa shape index (κ1) is 4.47. The largest absolute Gasteiger partial charge is 0.241 e. The van der Waals surface area contributed by atoms with E-state index < -0.39 is 0 Å². The van der Waals surface area contributed by atoms with Crippen molar-refractivity contribution in [3.63, 3.8) is 0 Å². The standard InChI is InChI=1S/C4H8NS/c6-4-1-2-5-3-4/h4,6H,1-3H2. The van der Waals surface area contributed by atoms with Crippen LogP contribution in [0.15, 0.2) is 0 Å². The Balaban J connectivity index is 2.18. The van der Waals surface area contributed by atoms with Crippen molar-refractivity contribution in [3.8, 4) is 0 Å². The molecule has 0 spiro atoms. The number of rotatable bonds is 0. The molecule has 0 aromatic rings. The van der Waals surface area contributed by atoms with Crippen molar-refractivity contribution in [1.29, 1.82) is 0 Å². The van der Waals surface area contributed by atoms with Gasteiger partial charge in [0, 0.05) is 18.3 Å². The summed E-state index contributed by atoms with van der Waals surface area (Å²) >= 11 is 4.20. The smallest absolute Gasteiger partial charge is 0.0250 e. The van der Waals surface area contributed by atoms with Gasteiger partial charge in [-0.15, -0.1) is 0 Å². The van der Waals surface area contributed by atoms with Gasteiger partial charge in [-0.2, -0.15) is 12.6 Å². The molecule has 1 rings (SSSR count). The Labute approximate surface area is 43.5 Å². The zero-order chi connectivity index (χ0) is 4.41. The molecule has 2 heteroatoms. The maximum Gasteiger partial charge on any atom is 0.0250 e. The second-order valence-corrected chi connectivity index (χ2v) is 2.30. The van der Waals surface area contributed by atoms with Gasteiger partial charge in [-0.3, -0.25) is 0 Å². The van der Waals surface area contributed by atoms with Crippen LogP contribution < -0.4 is 5.32 Å². The third-order valence-electron chi connectivity index (χ3n) is 0.960. The van der Waals surface area contributed by atoms with E-state index >= 15 is 0 Å². The molecular formula is C4H8NS. The van der Waals surface area contributed by atoms with E-state index in [2.05, 4.69) is 17.9 Å². The summed E-state index contributed by atoms with van der Waals surface area (Å²) in [4.78, 5) is 0. The van der Waals surface area contributed by atoms with E-state index in [0.717, 1.165) is 13.1 Å². The minimum absolute atomic E-state index is 0.574. The van der Waals surface area contributed by atoms with Crippen LogP contribution in [0.5, 0.6) is 0 Å². The summed E-state index contributed by atoms with van der Waals surface area (Å²) in [5.74, 6) is 0. The van der Waals surface area contributed by atoms with Gasteiger partial charge in [0.15, 0.2) is 0 Å². The molecule has 0 N–H and O–H groups in total. The Morgan fingerprint density at radius 3 is 2.67 bits per heavy atom. The van der Waals surface area contributed by atoms with E-state index in [1.54, 1.807) is 0 Å². The summed E-state index contributed by atoms with van der Waals surface area (Å²) < 4.78 is 0. The van der Waals surface area contributed by atoms with E-state index in [0.29, 0.717) is 5.25 Å². The van der Waals surface area contributed by atoms with Gasteiger partial charge in [0.05, 0.1) is 0 Å². The lowest BCUT2D eigenvalue weighted by molar-refractivity contribution is 0.839. The van der Waals surface area contributed by atoms with Gasteiger partial charge in [0.1, 0.15) is 0 Å². The fourth-order valence-corrected chi connectivity index (χ4v) is 0.803. The maximum atomic E-state index is 4.20. The number of hydrogen-bond acceptors (Lipinski definition) is 1. The second kappa shape index (κ2) is 1.85. The number of nitrogens with zero attached hydrogens (tertiary/aromatic N) is 1. The second-order valence-electron chi connectivity index (χ2n) is 1.57. The molecule has 1 saturated heterocycles. The fourth-order valence-electron chi connectivity index (χ4n) is 0.572. The predicted octanol–water partition coefficient (Wildman–Crippen LogP) is 0.293. The Kier molecular flexibility index (Phi) is 1.37. The summed E-state index contributed by atoms with van der Waals surface area (Å²) in [6.45, 7) is 2.01. The zero-order valence-corrected chi connectivity index (χ0v) is 4.49. The van der Waals surface area contributed by atoms with Gasteiger partial charge in [0.2, 0.25) is 0 Å². The van der Waals surface area contributed by atoms with Gasteiger partial charge < -0.3 is 0 Å². The molecule has 6 heavy (non-hydrogen) atoms. The molecule has 35 valence electrons. The van der Waals surface area contributed by atoms with Crippen LogP contribution in [-0.4, -0.2) is 18.3 Å². The maximum absolute atomic E-state index is 4.20. The molecule has 1 nitrogen and oxygen atoms in total. The summed E-state index contributed by atoms with van der Waals surface area (Å²) in [7, 11) is 0. The Morgan fingerprint density at radius 2 is 2.50 bits per heavy atom. The first-order chi connectivity index (χ1) is 2.89. The van der Waals surface area contributed by atoms with Crippen LogP contribution in [0.2, 0.25) is 0 Å². The van der Waals surface area contributed by atoms with Crippen LogP contribution in [-0.2, 0) is 0 Å². The highest BCUT2D eigenvalue weighted by Crippen LogP contribution is 2.04. The quantitative estimate of drug-likeness (QED) is 0.423. The van der Waals surface area contributed by atoms with Crippen LogP contribution in [0.4, 0.5) is 0 Å². The third-order valence-corrected chi connectivity index (χ3v) is 1.38. The van der Waals surface area contributed by atoms with Crippen molar-refractivity contribution in [2.24, 2.45) is 0 Å². The molecule has 0 amide bonds. The van der Waals surface area contributed by atoms with Gasteiger partial charge in [-0.05, 0) is 6.42 Å². The van der Waals surface area contributed by atoms with Crippen molar-refractivity contribution in [2.75, 3.05) is 13.1 Å². The lowest BCUT2D eigenvalue weighted by Crippen LogP contribution is -1.99. The topological polar surface area (TPSA) is 14.1 Å². The summed E-state index contributed by atoms with van der Waals surface area (Å²) in [6.07, 6.45) is 1.18. The van der Waals surface area contributed by atoms with E-state index in [9.17, 15) is 0 Å². The number of hydrogen-bond donors (Lipinski definition) is 1. The van der Waals surface area contributed by atoms with Crippen molar-refractivity contribution in [1.82, 2.24) is 5.32 Å². The molecule has 0 aromatic carbocycles. The van der Waals surface area contributed by atoms with Crippen molar-refractivity contribution in [3.05, 3.63) is 0 Å². The molecule has 1 unspecified atom stereocenters. The molecule has 1 atom stereocenters. The van der Waals surface area contributed by atoms with E-state index in [1.807, 2.05) is 0 Å². The van der Waals surface area contributed by atoms with E-state index in [-0.39, 0.29) is 0 Å². The first-order valence-corrected chi connectivity index (χ1v) is 2.72. The highest BCUT2D eigenvalue weighted by atomic mass is 32.1.